The van der Waals surface area contributed by atoms with Crippen molar-refractivity contribution in [3.63, 3.8) is 0 Å². The Balaban J connectivity index is 1.59. The van der Waals surface area contributed by atoms with Gasteiger partial charge in [0.1, 0.15) is 0 Å². The van der Waals surface area contributed by atoms with E-state index in [4.69, 9.17) is 0 Å². The van der Waals surface area contributed by atoms with Crippen LogP contribution in [0, 0.1) is 6.92 Å². The molecule has 2 amide bonds. The van der Waals surface area contributed by atoms with Gasteiger partial charge in [0.2, 0.25) is 10.3 Å². The molecule has 1 aliphatic carbocycles. The second-order valence-corrected chi connectivity index (χ2v) is 7.14. The topological polar surface area (TPSA) is 70.1 Å². The van der Waals surface area contributed by atoms with Gasteiger partial charge in [-0.15, -0.1) is 10.2 Å². The van der Waals surface area contributed by atoms with Crippen molar-refractivity contribution >= 4 is 33.3 Å². The fourth-order valence-corrected chi connectivity index (χ4v) is 3.77. The third-order valence-electron chi connectivity index (χ3n) is 4.45. The molecule has 1 heterocycles. The third-order valence-corrected chi connectivity index (χ3v) is 5.38. The van der Waals surface area contributed by atoms with Crippen LogP contribution in [0.25, 0.3) is 0 Å². The average molecular weight is 345 g/mol. The summed E-state index contributed by atoms with van der Waals surface area (Å²) in [7, 11) is 2.06. The van der Waals surface area contributed by atoms with Crippen molar-refractivity contribution in [1.29, 1.82) is 0 Å². The van der Waals surface area contributed by atoms with Gasteiger partial charge in [-0.05, 0) is 31.4 Å². The lowest BCUT2D eigenvalue weighted by molar-refractivity contribution is 0.262. The fraction of sp³-hybridized carbons (Fsp3) is 0.471. The van der Waals surface area contributed by atoms with Gasteiger partial charge in [-0.3, -0.25) is 5.32 Å². The Morgan fingerprint density at radius 3 is 2.67 bits per heavy atom. The van der Waals surface area contributed by atoms with Gasteiger partial charge in [-0.2, -0.15) is 0 Å². The van der Waals surface area contributed by atoms with Crippen LogP contribution in [-0.4, -0.2) is 29.3 Å². The maximum Gasteiger partial charge on any atom is 0.325 e. The maximum atomic E-state index is 12.1. The van der Waals surface area contributed by atoms with Crippen LogP contribution >= 0.6 is 11.3 Å². The van der Waals surface area contributed by atoms with Gasteiger partial charge in [-0.1, -0.05) is 48.8 Å². The Morgan fingerprint density at radius 1 is 1.17 bits per heavy atom. The second kappa shape index (κ2) is 7.61. The molecule has 24 heavy (non-hydrogen) atoms. The van der Waals surface area contributed by atoms with E-state index in [-0.39, 0.29) is 6.03 Å². The van der Waals surface area contributed by atoms with Gasteiger partial charge in [0.25, 0.3) is 0 Å². The van der Waals surface area contributed by atoms with Gasteiger partial charge in [0.15, 0.2) is 0 Å². The van der Waals surface area contributed by atoms with E-state index in [1.54, 1.807) is 0 Å². The number of carbonyl (C=O) groups is 1. The zero-order valence-electron chi connectivity index (χ0n) is 14.1. The highest BCUT2D eigenvalue weighted by atomic mass is 32.1. The first-order valence-corrected chi connectivity index (χ1v) is 9.15. The van der Waals surface area contributed by atoms with Crippen LogP contribution in [0.1, 0.15) is 37.7 Å². The molecular weight excluding hydrogens is 322 g/mol. The SMILES string of the molecule is Cc1ccccc1NC(=O)Nc1nnc(N(C)C2CCCCC2)s1. The lowest BCUT2D eigenvalue weighted by Crippen LogP contribution is -2.33. The van der Waals surface area contributed by atoms with E-state index in [2.05, 4.69) is 32.8 Å². The van der Waals surface area contributed by atoms with Crippen LogP contribution in [0.2, 0.25) is 0 Å². The fourth-order valence-electron chi connectivity index (χ4n) is 3.00. The highest BCUT2D eigenvalue weighted by Gasteiger charge is 2.21. The summed E-state index contributed by atoms with van der Waals surface area (Å²) < 4.78 is 0. The van der Waals surface area contributed by atoms with Gasteiger partial charge in [0, 0.05) is 18.8 Å². The molecule has 0 atom stereocenters. The van der Waals surface area contributed by atoms with E-state index in [1.165, 1.54) is 43.4 Å². The molecule has 0 saturated heterocycles. The van der Waals surface area contributed by atoms with Crippen molar-refractivity contribution in [2.45, 2.75) is 45.1 Å². The number of benzene rings is 1. The molecule has 7 heteroatoms. The van der Waals surface area contributed by atoms with Crippen molar-refractivity contribution in [1.82, 2.24) is 10.2 Å². The van der Waals surface area contributed by atoms with E-state index in [0.29, 0.717) is 11.2 Å². The second-order valence-electron chi connectivity index (χ2n) is 6.19. The smallest absolute Gasteiger partial charge is 0.325 e. The highest BCUT2D eigenvalue weighted by molar-refractivity contribution is 7.19. The molecule has 6 nitrogen and oxygen atoms in total. The molecule has 0 aliphatic heterocycles. The Labute approximate surface area is 146 Å². The molecule has 0 unspecified atom stereocenters. The number of aryl methyl sites for hydroxylation is 1. The summed E-state index contributed by atoms with van der Waals surface area (Å²) in [5.41, 5.74) is 1.81. The van der Waals surface area contributed by atoms with Crippen LogP contribution < -0.4 is 15.5 Å². The number of hydrogen-bond acceptors (Lipinski definition) is 5. The molecule has 0 radical (unpaired) electrons. The first kappa shape index (κ1) is 16.7. The first-order chi connectivity index (χ1) is 11.6. The molecule has 1 aromatic carbocycles. The monoisotopic (exact) mass is 345 g/mol. The maximum absolute atomic E-state index is 12.1. The minimum absolute atomic E-state index is 0.299. The van der Waals surface area contributed by atoms with Gasteiger partial charge in [0.05, 0.1) is 0 Å². The molecule has 1 aromatic heterocycles. The molecule has 128 valence electrons. The van der Waals surface area contributed by atoms with Crippen LogP contribution in [0.3, 0.4) is 0 Å². The zero-order chi connectivity index (χ0) is 16.9. The predicted molar refractivity (Wildman–Crippen MR) is 99.0 cm³/mol. The van der Waals surface area contributed by atoms with E-state index in [0.717, 1.165) is 16.4 Å². The quantitative estimate of drug-likeness (QED) is 0.868. The molecule has 1 aliphatic rings. The van der Waals surface area contributed by atoms with Gasteiger partial charge >= 0.3 is 6.03 Å². The molecule has 2 aromatic rings. The number of amides is 2. The Morgan fingerprint density at radius 2 is 1.92 bits per heavy atom. The number of nitrogens with zero attached hydrogens (tertiary/aromatic N) is 3. The van der Waals surface area contributed by atoms with Crippen LogP contribution in [0.5, 0.6) is 0 Å². The Kier molecular flexibility index (Phi) is 5.30. The van der Waals surface area contributed by atoms with Gasteiger partial charge < -0.3 is 10.2 Å². The summed E-state index contributed by atoms with van der Waals surface area (Å²) in [5.74, 6) is 0. The van der Waals surface area contributed by atoms with E-state index >= 15 is 0 Å². The first-order valence-electron chi connectivity index (χ1n) is 8.33. The van der Waals surface area contributed by atoms with Crippen molar-refractivity contribution in [3.05, 3.63) is 29.8 Å². The molecule has 3 rings (SSSR count). The average Bonchev–Trinajstić information content (AvgIpc) is 3.05. The normalized spacial score (nSPS) is 15.1. The van der Waals surface area contributed by atoms with Gasteiger partial charge in [-0.25, -0.2) is 4.79 Å². The van der Waals surface area contributed by atoms with Crippen molar-refractivity contribution < 1.29 is 4.79 Å². The summed E-state index contributed by atoms with van der Waals surface area (Å²) in [5, 5.41) is 15.3. The lowest BCUT2D eigenvalue weighted by atomic mass is 9.95. The summed E-state index contributed by atoms with van der Waals surface area (Å²) in [6.07, 6.45) is 6.28. The summed E-state index contributed by atoms with van der Waals surface area (Å²) >= 11 is 1.41. The number of anilines is 3. The number of urea groups is 1. The van der Waals surface area contributed by atoms with Crippen LogP contribution in [-0.2, 0) is 0 Å². The Hall–Kier alpha value is -2.15. The Bertz CT molecular complexity index is 696. The number of aromatic nitrogens is 2. The summed E-state index contributed by atoms with van der Waals surface area (Å²) in [6.45, 7) is 1.96. The number of hydrogen-bond donors (Lipinski definition) is 2. The highest BCUT2D eigenvalue weighted by Crippen LogP contribution is 2.29. The molecule has 1 saturated carbocycles. The molecular formula is C17H23N5OS. The van der Waals surface area contributed by atoms with Crippen LogP contribution in [0.15, 0.2) is 24.3 Å². The van der Waals surface area contributed by atoms with E-state index < -0.39 is 0 Å². The van der Waals surface area contributed by atoms with Crippen LogP contribution in [0.4, 0.5) is 20.7 Å². The van der Waals surface area contributed by atoms with Crippen molar-refractivity contribution in [2.75, 3.05) is 22.6 Å². The van der Waals surface area contributed by atoms with Crippen molar-refractivity contribution in [2.24, 2.45) is 0 Å². The number of para-hydroxylation sites is 1. The molecule has 1 fully saturated rings. The summed E-state index contributed by atoms with van der Waals surface area (Å²) in [6, 6.07) is 7.89. The molecule has 0 spiro atoms. The molecule has 2 N–H and O–H groups in total. The standard InChI is InChI=1S/C17H23N5OS/c1-12-8-6-7-11-14(12)18-15(23)19-16-20-21-17(24-16)22(2)13-9-4-3-5-10-13/h6-8,11,13H,3-5,9-10H2,1-2H3,(H2,18,19,20,23). The largest absolute Gasteiger partial charge is 0.347 e. The lowest BCUT2D eigenvalue weighted by Gasteiger charge is -2.30. The van der Waals surface area contributed by atoms with Crippen molar-refractivity contribution in [3.8, 4) is 0 Å². The van der Waals surface area contributed by atoms with E-state index in [9.17, 15) is 4.79 Å². The zero-order valence-corrected chi connectivity index (χ0v) is 14.9. The molecule has 0 bridgehead atoms. The minimum atomic E-state index is -0.299. The number of nitrogens with one attached hydrogen (secondary N) is 2. The summed E-state index contributed by atoms with van der Waals surface area (Å²) in [4.78, 5) is 14.3. The van der Waals surface area contributed by atoms with E-state index in [1.807, 2.05) is 31.2 Å². The third kappa shape index (κ3) is 4.03. The minimum Gasteiger partial charge on any atom is -0.347 e. The number of carbonyl (C=O) groups excluding carboxylic acids is 1. The predicted octanol–water partition coefficient (Wildman–Crippen LogP) is 4.26. The number of rotatable bonds is 4.